The van der Waals surface area contributed by atoms with Gasteiger partial charge in [-0.15, -0.1) is 0 Å². The maximum absolute atomic E-state index is 14.1. The van der Waals surface area contributed by atoms with Crippen LogP contribution in [0.5, 0.6) is 0 Å². The van der Waals surface area contributed by atoms with Crippen molar-refractivity contribution in [2.45, 2.75) is 31.5 Å². The van der Waals surface area contributed by atoms with Crippen molar-refractivity contribution < 1.29 is 9.13 Å². The second kappa shape index (κ2) is 11.6. The molecule has 39 heavy (non-hydrogen) atoms. The number of pyridine rings is 1. The molecule has 0 bridgehead atoms. The van der Waals surface area contributed by atoms with E-state index < -0.39 is 17.4 Å². The van der Waals surface area contributed by atoms with Gasteiger partial charge in [-0.05, 0) is 48.8 Å². The van der Waals surface area contributed by atoms with Gasteiger partial charge in [0.1, 0.15) is 5.76 Å². The van der Waals surface area contributed by atoms with Crippen LogP contribution in [0.2, 0.25) is 0 Å². The van der Waals surface area contributed by atoms with Gasteiger partial charge >= 0.3 is 0 Å². The molecule has 1 aromatic heterocycles. The van der Waals surface area contributed by atoms with Gasteiger partial charge in [0.2, 0.25) is 5.95 Å². The molecule has 0 saturated carbocycles. The van der Waals surface area contributed by atoms with Gasteiger partial charge in [0.05, 0.1) is 11.6 Å². The number of hydrogen-bond donors (Lipinski definition) is 2. The quantitative estimate of drug-likeness (QED) is 0.142. The first-order valence-corrected chi connectivity index (χ1v) is 13.2. The summed E-state index contributed by atoms with van der Waals surface area (Å²) in [5, 5.41) is 13.1. The maximum Gasteiger partial charge on any atom is 0.213 e. The van der Waals surface area contributed by atoms with Gasteiger partial charge in [0.25, 0.3) is 0 Å². The first kappa shape index (κ1) is 26.3. The minimum atomic E-state index is -0.731. The van der Waals surface area contributed by atoms with Crippen molar-refractivity contribution in [3.8, 4) is 0 Å². The second-order valence-electron chi connectivity index (χ2n) is 9.92. The van der Waals surface area contributed by atoms with E-state index >= 15 is 0 Å². The molecule has 2 N–H and O–H groups in total. The van der Waals surface area contributed by atoms with Gasteiger partial charge in [0.15, 0.2) is 0 Å². The van der Waals surface area contributed by atoms with Crippen LogP contribution >= 0.6 is 0 Å². The number of ether oxygens (including phenoxy) is 1. The lowest BCUT2D eigenvalue weighted by molar-refractivity contribution is 0.154. The Kier molecular flexibility index (Phi) is 7.80. The second-order valence-corrected chi connectivity index (χ2v) is 9.92. The Labute approximate surface area is 229 Å². The van der Waals surface area contributed by atoms with Crippen LogP contribution in [0.15, 0.2) is 133 Å². The SMILES string of the molecule is CC(C)OC1=CC(C(=N)c2ccnc(F)c2)C(NC(c2ccccc2)(c2ccccc2)c2ccccc2)C=C1. The molecule has 0 fully saturated rings. The number of nitrogens with one attached hydrogen (secondary N) is 2. The van der Waals surface area contributed by atoms with Crippen molar-refractivity contribution in [1.82, 2.24) is 10.3 Å². The third-order valence-electron chi connectivity index (χ3n) is 6.94. The molecule has 3 aromatic carbocycles. The van der Waals surface area contributed by atoms with Gasteiger partial charge in [0, 0.05) is 35.5 Å². The molecular weight excluding hydrogens is 485 g/mol. The molecular formula is C34H32FN3O. The Morgan fingerprint density at radius 2 is 1.41 bits per heavy atom. The molecule has 196 valence electrons. The van der Waals surface area contributed by atoms with E-state index in [9.17, 15) is 9.80 Å². The average Bonchev–Trinajstić information content (AvgIpc) is 2.97. The van der Waals surface area contributed by atoms with Crippen molar-refractivity contribution in [1.29, 1.82) is 5.41 Å². The molecule has 2 unspecified atom stereocenters. The number of allylic oxidation sites excluding steroid dienone is 1. The number of aromatic nitrogens is 1. The van der Waals surface area contributed by atoms with E-state index in [1.54, 1.807) is 6.07 Å². The standard InChI is InChI=1S/C34H32FN3O/c1-24(2)39-29-18-19-31(30(23-29)33(36)25-20-21-37-32(35)22-25)38-34(26-12-6-3-7-13-26,27-14-8-4-9-15-27)28-16-10-5-11-17-28/h3-24,30-31,36,38H,1-2H3. The highest BCUT2D eigenvalue weighted by Gasteiger charge is 2.40. The Morgan fingerprint density at radius 3 is 1.90 bits per heavy atom. The lowest BCUT2D eigenvalue weighted by atomic mass is 9.75. The fourth-order valence-corrected chi connectivity index (χ4v) is 5.23. The van der Waals surface area contributed by atoms with Crippen LogP contribution in [0.3, 0.4) is 0 Å². The van der Waals surface area contributed by atoms with Crippen LogP contribution in [-0.2, 0) is 10.3 Å². The minimum absolute atomic E-state index is 0.0179. The highest BCUT2D eigenvalue weighted by atomic mass is 19.1. The smallest absolute Gasteiger partial charge is 0.213 e. The molecule has 5 rings (SSSR count). The fourth-order valence-electron chi connectivity index (χ4n) is 5.23. The molecule has 1 heterocycles. The van der Waals surface area contributed by atoms with Gasteiger partial charge in [-0.1, -0.05) is 97.1 Å². The number of nitrogens with zero attached hydrogens (tertiary/aromatic N) is 1. The van der Waals surface area contributed by atoms with E-state index in [0.717, 1.165) is 16.7 Å². The molecule has 5 heteroatoms. The molecule has 0 aliphatic heterocycles. The third kappa shape index (κ3) is 5.59. The van der Waals surface area contributed by atoms with Crippen LogP contribution in [0, 0.1) is 17.3 Å². The van der Waals surface area contributed by atoms with E-state index in [1.807, 2.05) is 80.6 Å². The number of halogens is 1. The molecule has 4 aromatic rings. The van der Waals surface area contributed by atoms with Gasteiger partial charge in [-0.25, -0.2) is 4.98 Å². The molecule has 0 radical (unpaired) electrons. The van der Waals surface area contributed by atoms with E-state index in [1.165, 1.54) is 12.3 Å². The number of benzene rings is 3. The van der Waals surface area contributed by atoms with Crippen molar-refractivity contribution >= 4 is 5.71 Å². The summed E-state index contributed by atoms with van der Waals surface area (Å²) in [4.78, 5) is 3.69. The van der Waals surface area contributed by atoms with Crippen LogP contribution in [0.1, 0.15) is 36.1 Å². The number of rotatable bonds is 9. The fraction of sp³-hybridized carbons (Fsp3) is 0.176. The van der Waals surface area contributed by atoms with Crippen LogP contribution in [0.4, 0.5) is 4.39 Å². The van der Waals surface area contributed by atoms with E-state index in [4.69, 9.17) is 4.74 Å². The molecule has 1 aliphatic rings. The van der Waals surface area contributed by atoms with Crippen LogP contribution in [-0.4, -0.2) is 22.8 Å². The molecule has 0 spiro atoms. The van der Waals surface area contributed by atoms with Crippen LogP contribution < -0.4 is 5.32 Å². The zero-order valence-electron chi connectivity index (χ0n) is 22.1. The monoisotopic (exact) mass is 517 g/mol. The zero-order chi connectivity index (χ0) is 27.2. The molecule has 4 nitrogen and oxygen atoms in total. The predicted molar refractivity (Wildman–Crippen MR) is 154 cm³/mol. The topological polar surface area (TPSA) is 58.0 Å². The lowest BCUT2D eigenvalue weighted by Crippen LogP contribution is -2.53. The summed E-state index contributed by atoms with van der Waals surface area (Å²) in [6.07, 6.45) is 7.36. The van der Waals surface area contributed by atoms with Gasteiger partial charge in [-0.3, -0.25) is 5.32 Å². The summed E-state index contributed by atoms with van der Waals surface area (Å²) < 4.78 is 20.1. The Balaban J connectivity index is 1.67. The van der Waals surface area contributed by atoms with E-state index in [-0.39, 0.29) is 17.9 Å². The molecule has 0 amide bonds. The highest BCUT2D eigenvalue weighted by molar-refractivity contribution is 6.01. The first-order valence-electron chi connectivity index (χ1n) is 13.2. The van der Waals surface area contributed by atoms with Crippen molar-refractivity contribution in [2.24, 2.45) is 5.92 Å². The Hall–Kier alpha value is -4.35. The zero-order valence-corrected chi connectivity index (χ0v) is 22.1. The van der Waals surface area contributed by atoms with Crippen molar-refractivity contribution in [3.05, 3.63) is 162 Å². The Bertz CT molecular complexity index is 1370. The minimum Gasteiger partial charge on any atom is -0.491 e. The summed E-state index contributed by atoms with van der Waals surface area (Å²) >= 11 is 0. The summed E-state index contributed by atoms with van der Waals surface area (Å²) in [5.41, 5.74) is 3.26. The summed E-state index contributed by atoms with van der Waals surface area (Å²) in [5.74, 6) is -0.346. The molecule has 0 saturated heterocycles. The van der Waals surface area contributed by atoms with Crippen molar-refractivity contribution in [3.63, 3.8) is 0 Å². The van der Waals surface area contributed by atoms with E-state index in [0.29, 0.717) is 11.3 Å². The molecule has 2 atom stereocenters. The van der Waals surface area contributed by atoms with Crippen LogP contribution in [0.25, 0.3) is 0 Å². The average molecular weight is 518 g/mol. The lowest BCUT2D eigenvalue weighted by Gasteiger charge is -2.42. The highest BCUT2D eigenvalue weighted by Crippen LogP contribution is 2.39. The summed E-state index contributed by atoms with van der Waals surface area (Å²) in [6.45, 7) is 3.95. The largest absolute Gasteiger partial charge is 0.491 e. The normalized spacial score (nSPS) is 17.1. The maximum atomic E-state index is 14.1. The first-order chi connectivity index (χ1) is 19.0. The predicted octanol–water partition coefficient (Wildman–Crippen LogP) is 7.03. The van der Waals surface area contributed by atoms with Gasteiger partial charge < -0.3 is 10.1 Å². The molecule has 1 aliphatic carbocycles. The third-order valence-corrected chi connectivity index (χ3v) is 6.94. The summed E-state index contributed by atoms with van der Waals surface area (Å²) in [7, 11) is 0. The van der Waals surface area contributed by atoms with Gasteiger partial charge in [-0.2, -0.15) is 4.39 Å². The summed E-state index contributed by atoms with van der Waals surface area (Å²) in [6, 6.07) is 33.7. The number of hydrogen-bond acceptors (Lipinski definition) is 4. The van der Waals surface area contributed by atoms with E-state index in [2.05, 4.69) is 52.8 Å². The Morgan fingerprint density at radius 1 is 0.872 bits per heavy atom. The van der Waals surface area contributed by atoms with Crippen molar-refractivity contribution in [2.75, 3.05) is 0 Å².